The lowest BCUT2D eigenvalue weighted by Gasteiger charge is -2.26. The summed E-state index contributed by atoms with van der Waals surface area (Å²) >= 11 is 6.32. The van der Waals surface area contributed by atoms with E-state index in [2.05, 4.69) is 5.32 Å². The van der Waals surface area contributed by atoms with Gasteiger partial charge in [0.2, 0.25) is 15.9 Å². The third-order valence-electron chi connectivity index (χ3n) is 4.74. The fourth-order valence-corrected chi connectivity index (χ4v) is 4.93. The number of nitrogens with zero attached hydrogens (tertiary/aromatic N) is 1. The highest BCUT2D eigenvalue weighted by atomic mass is 35.5. The fourth-order valence-electron chi connectivity index (χ4n) is 3.21. The molecule has 0 aromatic heterocycles. The van der Waals surface area contributed by atoms with Crippen molar-refractivity contribution in [3.05, 3.63) is 53.1 Å². The third-order valence-corrected chi connectivity index (χ3v) is 6.92. The molecular formula is C23H27ClN2O6S. The van der Waals surface area contributed by atoms with Crippen LogP contribution in [0.3, 0.4) is 0 Å². The van der Waals surface area contributed by atoms with E-state index in [-0.39, 0.29) is 11.0 Å². The Balaban J connectivity index is 1.72. The van der Waals surface area contributed by atoms with Crippen LogP contribution in [0.25, 0.3) is 6.08 Å². The van der Waals surface area contributed by atoms with E-state index < -0.39 is 15.9 Å². The topological polar surface area (TPSA) is 94.2 Å². The Kier molecular flexibility index (Phi) is 8.36. The van der Waals surface area contributed by atoms with E-state index in [9.17, 15) is 13.2 Å². The van der Waals surface area contributed by atoms with Gasteiger partial charge < -0.3 is 19.5 Å². The smallest absolute Gasteiger partial charge is 0.248 e. The van der Waals surface area contributed by atoms with E-state index >= 15 is 0 Å². The summed E-state index contributed by atoms with van der Waals surface area (Å²) in [6.07, 6.45) is 2.83. The van der Waals surface area contributed by atoms with Gasteiger partial charge in [-0.2, -0.15) is 4.31 Å². The number of carbonyl (C=O) groups excluding carboxylic acids is 1. The van der Waals surface area contributed by atoms with Crippen LogP contribution in [0.1, 0.15) is 19.4 Å². The van der Waals surface area contributed by atoms with E-state index in [0.717, 1.165) is 0 Å². The monoisotopic (exact) mass is 494 g/mol. The normalized spacial score (nSPS) is 15.1. The molecule has 33 heavy (non-hydrogen) atoms. The first-order valence-electron chi connectivity index (χ1n) is 10.4. The Hall–Kier alpha value is -2.59. The van der Waals surface area contributed by atoms with Crippen molar-refractivity contribution in [2.45, 2.75) is 24.8 Å². The minimum Gasteiger partial charge on any atom is -0.493 e. The van der Waals surface area contributed by atoms with Crippen LogP contribution in [0, 0.1) is 0 Å². The summed E-state index contributed by atoms with van der Waals surface area (Å²) in [6.45, 7) is 5.09. The van der Waals surface area contributed by atoms with Crippen LogP contribution in [-0.2, 0) is 19.6 Å². The van der Waals surface area contributed by atoms with Gasteiger partial charge in [-0.05, 0) is 55.8 Å². The third kappa shape index (κ3) is 6.48. The maximum absolute atomic E-state index is 12.8. The number of hydrogen-bond donors (Lipinski definition) is 1. The molecule has 1 N–H and O–H groups in total. The van der Waals surface area contributed by atoms with Gasteiger partial charge in [0.15, 0.2) is 11.5 Å². The van der Waals surface area contributed by atoms with E-state index in [1.54, 1.807) is 30.3 Å². The van der Waals surface area contributed by atoms with Crippen molar-refractivity contribution in [1.82, 2.24) is 4.31 Å². The van der Waals surface area contributed by atoms with Crippen molar-refractivity contribution in [2.75, 3.05) is 38.7 Å². The average Bonchev–Trinajstić information content (AvgIpc) is 2.79. The van der Waals surface area contributed by atoms with Gasteiger partial charge >= 0.3 is 0 Å². The number of benzene rings is 2. The lowest BCUT2D eigenvalue weighted by molar-refractivity contribution is -0.111. The molecule has 1 aliphatic rings. The van der Waals surface area contributed by atoms with Gasteiger partial charge in [0.1, 0.15) is 0 Å². The number of amides is 1. The van der Waals surface area contributed by atoms with Crippen LogP contribution < -0.4 is 14.8 Å². The van der Waals surface area contributed by atoms with Gasteiger partial charge in [-0.15, -0.1) is 0 Å². The van der Waals surface area contributed by atoms with E-state index in [1.807, 2.05) is 13.8 Å². The maximum Gasteiger partial charge on any atom is 0.248 e. The van der Waals surface area contributed by atoms with Gasteiger partial charge in [-0.3, -0.25) is 4.79 Å². The number of methoxy groups -OCH3 is 1. The molecule has 0 atom stereocenters. The standard InChI is InChI=1S/C23H27ClN2O6S/c1-16(2)32-23-20(24)13-17(14-21(23)30-3)7-8-22(27)25-18-5-4-6-19(15-18)33(28,29)26-9-11-31-12-10-26/h4-8,13-16H,9-12H2,1-3H3,(H,25,27)/b8-7+. The van der Waals surface area contributed by atoms with E-state index in [1.165, 1.54) is 29.6 Å². The number of ether oxygens (including phenoxy) is 3. The fraction of sp³-hybridized carbons (Fsp3) is 0.348. The molecule has 8 nitrogen and oxygen atoms in total. The first-order chi connectivity index (χ1) is 15.7. The quantitative estimate of drug-likeness (QED) is 0.561. The second kappa shape index (κ2) is 11.0. The second-order valence-electron chi connectivity index (χ2n) is 7.57. The first kappa shape index (κ1) is 25.0. The Bertz CT molecular complexity index is 1130. The van der Waals surface area contributed by atoms with Crippen molar-refractivity contribution in [1.29, 1.82) is 0 Å². The second-order valence-corrected chi connectivity index (χ2v) is 9.91. The number of nitrogens with one attached hydrogen (secondary N) is 1. The molecule has 0 unspecified atom stereocenters. The summed E-state index contributed by atoms with van der Waals surface area (Å²) in [7, 11) is -2.15. The van der Waals surface area contributed by atoms with Gasteiger partial charge in [0, 0.05) is 24.9 Å². The number of morpholine rings is 1. The molecule has 0 saturated carbocycles. The van der Waals surface area contributed by atoms with Gasteiger partial charge in [-0.25, -0.2) is 8.42 Å². The molecule has 1 heterocycles. The molecule has 178 valence electrons. The zero-order chi connectivity index (χ0) is 24.0. The first-order valence-corrected chi connectivity index (χ1v) is 12.2. The van der Waals surface area contributed by atoms with Gasteiger partial charge in [-0.1, -0.05) is 17.7 Å². The molecule has 0 bridgehead atoms. The number of halogens is 1. The van der Waals surface area contributed by atoms with Crippen LogP contribution in [0.15, 0.2) is 47.4 Å². The Morgan fingerprint density at radius 3 is 2.61 bits per heavy atom. The lowest BCUT2D eigenvalue weighted by Crippen LogP contribution is -2.40. The maximum atomic E-state index is 12.8. The molecule has 3 rings (SSSR count). The molecule has 1 fully saturated rings. The Morgan fingerprint density at radius 1 is 1.21 bits per heavy atom. The molecule has 0 aliphatic carbocycles. The molecule has 1 aliphatic heterocycles. The highest BCUT2D eigenvalue weighted by molar-refractivity contribution is 7.89. The van der Waals surface area contributed by atoms with Crippen molar-refractivity contribution >= 4 is 39.3 Å². The number of hydrogen-bond acceptors (Lipinski definition) is 6. The van der Waals surface area contributed by atoms with Crippen molar-refractivity contribution < 1.29 is 27.4 Å². The molecule has 1 saturated heterocycles. The Morgan fingerprint density at radius 2 is 1.94 bits per heavy atom. The molecule has 0 spiro atoms. The average molecular weight is 495 g/mol. The van der Waals surface area contributed by atoms with Crippen LogP contribution in [0.2, 0.25) is 5.02 Å². The van der Waals surface area contributed by atoms with Crippen molar-refractivity contribution in [3.8, 4) is 11.5 Å². The van der Waals surface area contributed by atoms with Crippen LogP contribution in [0.4, 0.5) is 5.69 Å². The van der Waals surface area contributed by atoms with Crippen LogP contribution >= 0.6 is 11.6 Å². The number of anilines is 1. The summed E-state index contributed by atoms with van der Waals surface area (Å²) < 4.78 is 43.3. The highest BCUT2D eigenvalue weighted by Crippen LogP contribution is 2.37. The minimum atomic E-state index is -3.66. The van der Waals surface area contributed by atoms with Crippen LogP contribution in [-0.4, -0.2) is 58.1 Å². The zero-order valence-corrected chi connectivity index (χ0v) is 20.3. The predicted octanol–water partition coefficient (Wildman–Crippen LogP) is 3.81. The van der Waals surface area contributed by atoms with Gasteiger partial charge in [0.05, 0.1) is 36.3 Å². The SMILES string of the molecule is COc1cc(/C=C/C(=O)Nc2cccc(S(=O)(=O)N3CCOCC3)c2)cc(Cl)c1OC(C)C. The molecule has 2 aromatic rings. The van der Waals surface area contributed by atoms with Crippen molar-refractivity contribution in [2.24, 2.45) is 0 Å². The summed E-state index contributed by atoms with van der Waals surface area (Å²) in [5.41, 5.74) is 1.02. The number of sulfonamides is 1. The Labute approximate surface area is 199 Å². The van der Waals surface area contributed by atoms with E-state index in [4.69, 9.17) is 25.8 Å². The number of rotatable bonds is 8. The molecule has 1 amide bonds. The summed E-state index contributed by atoms with van der Waals surface area (Å²) in [6, 6.07) is 9.54. The summed E-state index contributed by atoms with van der Waals surface area (Å²) in [5, 5.41) is 3.05. The summed E-state index contributed by atoms with van der Waals surface area (Å²) in [4.78, 5) is 12.6. The predicted molar refractivity (Wildman–Crippen MR) is 127 cm³/mol. The molecule has 0 radical (unpaired) electrons. The molecular weight excluding hydrogens is 468 g/mol. The minimum absolute atomic E-state index is 0.0774. The van der Waals surface area contributed by atoms with E-state index in [0.29, 0.717) is 54.1 Å². The molecule has 10 heteroatoms. The largest absolute Gasteiger partial charge is 0.493 e. The van der Waals surface area contributed by atoms with Gasteiger partial charge in [0.25, 0.3) is 0 Å². The van der Waals surface area contributed by atoms with Crippen molar-refractivity contribution in [3.63, 3.8) is 0 Å². The zero-order valence-electron chi connectivity index (χ0n) is 18.7. The number of carbonyl (C=O) groups is 1. The van der Waals surface area contributed by atoms with Crippen LogP contribution in [0.5, 0.6) is 11.5 Å². The highest BCUT2D eigenvalue weighted by Gasteiger charge is 2.26. The summed E-state index contributed by atoms with van der Waals surface area (Å²) in [5.74, 6) is 0.472. The lowest BCUT2D eigenvalue weighted by atomic mass is 10.1. The molecule has 2 aromatic carbocycles.